The number of nitrogens with one attached hydrogen (secondary N) is 1. The first kappa shape index (κ1) is 14.7. The van der Waals surface area contributed by atoms with E-state index in [0.29, 0.717) is 36.6 Å². The minimum Gasteiger partial charge on any atom is -0.336 e. The van der Waals surface area contributed by atoms with Crippen LogP contribution in [0.15, 0.2) is 42.5 Å². The molecule has 4 rings (SSSR count). The molecule has 2 aliphatic rings. The number of urea groups is 1. The Balaban J connectivity index is 1.64. The number of amides is 3. The lowest BCUT2D eigenvalue weighted by Gasteiger charge is -2.19. The van der Waals surface area contributed by atoms with E-state index < -0.39 is 0 Å². The summed E-state index contributed by atoms with van der Waals surface area (Å²) in [6.45, 7) is 1.70. The van der Waals surface area contributed by atoms with Crippen molar-refractivity contribution in [1.29, 1.82) is 0 Å². The minimum atomic E-state index is -0.351. The van der Waals surface area contributed by atoms with E-state index >= 15 is 0 Å². The Labute approximate surface area is 138 Å². The highest BCUT2D eigenvalue weighted by Gasteiger charge is 2.27. The summed E-state index contributed by atoms with van der Waals surface area (Å²) >= 11 is 0. The van der Waals surface area contributed by atoms with Crippen LogP contribution in [0.4, 0.5) is 20.6 Å². The molecule has 5 nitrogen and oxygen atoms in total. The third-order valence-electron chi connectivity index (χ3n) is 4.45. The van der Waals surface area contributed by atoms with Crippen molar-refractivity contribution in [3.63, 3.8) is 0 Å². The van der Waals surface area contributed by atoms with E-state index in [-0.39, 0.29) is 17.8 Å². The van der Waals surface area contributed by atoms with Crippen LogP contribution in [-0.2, 0) is 6.42 Å². The van der Waals surface area contributed by atoms with Gasteiger partial charge in [-0.05, 0) is 42.3 Å². The number of halogens is 1. The van der Waals surface area contributed by atoms with Gasteiger partial charge in [0.15, 0.2) is 0 Å². The first-order chi connectivity index (χ1) is 11.6. The first-order valence-electron chi connectivity index (χ1n) is 7.89. The molecule has 2 aromatic carbocycles. The molecule has 2 aliphatic heterocycles. The van der Waals surface area contributed by atoms with Gasteiger partial charge in [-0.3, -0.25) is 9.69 Å². The number of carbonyl (C=O) groups excluding carboxylic acids is 2. The average molecular weight is 325 g/mol. The van der Waals surface area contributed by atoms with Crippen molar-refractivity contribution in [2.45, 2.75) is 6.42 Å². The second kappa shape index (κ2) is 5.63. The van der Waals surface area contributed by atoms with E-state index in [4.69, 9.17) is 0 Å². The monoisotopic (exact) mass is 325 g/mol. The summed E-state index contributed by atoms with van der Waals surface area (Å²) in [5.41, 5.74) is 2.78. The fourth-order valence-electron chi connectivity index (χ4n) is 3.24. The molecule has 0 unspecified atom stereocenters. The van der Waals surface area contributed by atoms with Gasteiger partial charge in [0, 0.05) is 30.9 Å². The fraction of sp³-hybridized carbons (Fsp3) is 0.222. The van der Waals surface area contributed by atoms with Gasteiger partial charge >= 0.3 is 6.03 Å². The normalized spacial score (nSPS) is 16.3. The zero-order chi connectivity index (χ0) is 16.7. The fourth-order valence-corrected chi connectivity index (χ4v) is 3.24. The van der Waals surface area contributed by atoms with Crippen molar-refractivity contribution < 1.29 is 14.0 Å². The molecule has 0 aromatic heterocycles. The molecule has 122 valence electrons. The van der Waals surface area contributed by atoms with Crippen LogP contribution in [0.1, 0.15) is 15.9 Å². The van der Waals surface area contributed by atoms with E-state index in [2.05, 4.69) is 5.32 Å². The second-order valence-corrected chi connectivity index (χ2v) is 5.91. The topological polar surface area (TPSA) is 52.7 Å². The molecule has 0 aliphatic carbocycles. The maximum Gasteiger partial charge on any atom is 0.321 e. The highest BCUT2D eigenvalue weighted by Crippen LogP contribution is 2.30. The SMILES string of the molecule is O=C1NCCN1c1cccc(C(=O)N2CCc3ccc(F)cc32)c1. The van der Waals surface area contributed by atoms with E-state index in [1.807, 2.05) is 0 Å². The maximum atomic E-state index is 13.5. The van der Waals surface area contributed by atoms with Gasteiger partial charge in [0.25, 0.3) is 5.91 Å². The molecule has 0 radical (unpaired) electrons. The Hall–Kier alpha value is -2.89. The van der Waals surface area contributed by atoms with Crippen molar-refractivity contribution in [2.24, 2.45) is 0 Å². The molecule has 3 amide bonds. The molecule has 1 N–H and O–H groups in total. The van der Waals surface area contributed by atoms with Gasteiger partial charge in [-0.25, -0.2) is 9.18 Å². The third-order valence-corrected chi connectivity index (χ3v) is 4.45. The van der Waals surface area contributed by atoms with Gasteiger partial charge in [-0.2, -0.15) is 0 Å². The molecule has 6 heteroatoms. The van der Waals surface area contributed by atoms with E-state index in [9.17, 15) is 14.0 Å². The van der Waals surface area contributed by atoms with Crippen molar-refractivity contribution in [1.82, 2.24) is 5.32 Å². The van der Waals surface area contributed by atoms with Gasteiger partial charge in [0.1, 0.15) is 5.82 Å². The highest BCUT2D eigenvalue weighted by atomic mass is 19.1. The summed E-state index contributed by atoms with van der Waals surface area (Å²) in [7, 11) is 0. The molecule has 0 saturated carbocycles. The predicted molar refractivity (Wildman–Crippen MR) is 89.0 cm³/mol. The number of hydrogen-bond acceptors (Lipinski definition) is 2. The van der Waals surface area contributed by atoms with Crippen LogP contribution in [0, 0.1) is 5.82 Å². The summed E-state index contributed by atoms with van der Waals surface area (Å²) < 4.78 is 13.5. The quantitative estimate of drug-likeness (QED) is 0.922. The van der Waals surface area contributed by atoms with Gasteiger partial charge in [0.05, 0.1) is 5.69 Å². The van der Waals surface area contributed by atoms with Crippen LogP contribution in [0.2, 0.25) is 0 Å². The number of nitrogens with zero attached hydrogens (tertiary/aromatic N) is 2. The molecular formula is C18H16FN3O2. The van der Waals surface area contributed by atoms with E-state index in [1.54, 1.807) is 40.1 Å². The molecular weight excluding hydrogens is 309 g/mol. The predicted octanol–water partition coefficient (Wildman–Crippen LogP) is 2.56. The van der Waals surface area contributed by atoms with Gasteiger partial charge in [0.2, 0.25) is 0 Å². The molecule has 0 bridgehead atoms. The van der Waals surface area contributed by atoms with Crippen molar-refractivity contribution >= 4 is 23.3 Å². The second-order valence-electron chi connectivity index (χ2n) is 5.91. The Morgan fingerprint density at radius 1 is 1.12 bits per heavy atom. The number of hydrogen-bond donors (Lipinski definition) is 1. The number of carbonyl (C=O) groups is 2. The van der Waals surface area contributed by atoms with Crippen LogP contribution < -0.4 is 15.1 Å². The maximum absolute atomic E-state index is 13.5. The Morgan fingerprint density at radius 3 is 2.79 bits per heavy atom. The van der Waals surface area contributed by atoms with E-state index in [0.717, 1.165) is 12.0 Å². The van der Waals surface area contributed by atoms with Gasteiger partial charge in [-0.15, -0.1) is 0 Å². The Morgan fingerprint density at radius 2 is 2.00 bits per heavy atom. The average Bonchev–Trinajstić information content (AvgIpc) is 3.20. The number of benzene rings is 2. The summed E-state index contributed by atoms with van der Waals surface area (Å²) in [4.78, 5) is 27.8. The summed E-state index contributed by atoms with van der Waals surface area (Å²) in [6, 6.07) is 11.4. The standard InChI is InChI=1S/C18H16FN3O2/c19-14-5-4-12-6-8-22(16(12)11-14)17(23)13-2-1-3-15(10-13)21-9-7-20-18(21)24/h1-5,10-11H,6-9H2,(H,20,24). The van der Waals surface area contributed by atoms with Gasteiger partial charge < -0.3 is 10.2 Å². The van der Waals surface area contributed by atoms with Gasteiger partial charge in [-0.1, -0.05) is 12.1 Å². The molecule has 1 fully saturated rings. The molecule has 1 saturated heterocycles. The first-order valence-corrected chi connectivity index (χ1v) is 7.89. The molecule has 0 spiro atoms. The molecule has 2 heterocycles. The summed E-state index contributed by atoms with van der Waals surface area (Å²) in [6.07, 6.45) is 0.718. The third kappa shape index (κ3) is 2.40. The molecule has 24 heavy (non-hydrogen) atoms. The summed E-state index contributed by atoms with van der Waals surface area (Å²) in [5, 5.41) is 2.74. The van der Waals surface area contributed by atoms with Crippen LogP contribution in [0.25, 0.3) is 0 Å². The molecule has 2 aromatic rings. The van der Waals surface area contributed by atoms with E-state index in [1.165, 1.54) is 12.1 Å². The van der Waals surface area contributed by atoms with Crippen molar-refractivity contribution in [3.05, 3.63) is 59.4 Å². The van der Waals surface area contributed by atoms with Crippen molar-refractivity contribution in [3.8, 4) is 0 Å². The molecule has 0 atom stereocenters. The zero-order valence-electron chi connectivity index (χ0n) is 13.0. The Bertz CT molecular complexity index is 837. The van der Waals surface area contributed by atoms with Crippen molar-refractivity contribution in [2.75, 3.05) is 29.4 Å². The van der Waals surface area contributed by atoms with Crippen LogP contribution >= 0.6 is 0 Å². The number of fused-ring (bicyclic) bond motifs is 1. The lowest BCUT2D eigenvalue weighted by Crippen LogP contribution is -2.30. The lowest BCUT2D eigenvalue weighted by atomic mass is 10.1. The highest BCUT2D eigenvalue weighted by molar-refractivity contribution is 6.08. The number of rotatable bonds is 2. The lowest BCUT2D eigenvalue weighted by molar-refractivity contribution is 0.0989. The van der Waals surface area contributed by atoms with Crippen LogP contribution in [0.5, 0.6) is 0 Å². The van der Waals surface area contributed by atoms with Crippen LogP contribution in [-0.4, -0.2) is 31.6 Å². The smallest absolute Gasteiger partial charge is 0.321 e. The number of anilines is 2. The summed E-state index contributed by atoms with van der Waals surface area (Å²) in [5.74, 6) is -0.531. The van der Waals surface area contributed by atoms with Crippen LogP contribution in [0.3, 0.4) is 0 Å². The Kier molecular flexibility index (Phi) is 3.45. The largest absolute Gasteiger partial charge is 0.336 e. The zero-order valence-corrected chi connectivity index (χ0v) is 13.0. The minimum absolute atomic E-state index is 0.159.